The maximum Gasteiger partial charge on any atom is 0.262 e. The lowest BCUT2D eigenvalue weighted by atomic mass is 9.96. The predicted molar refractivity (Wildman–Crippen MR) is 65.8 cm³/mol. The number of hydrogen-bond acceptors (Lipinski definition) is 2. The molecule has 1 heterocycles. The van der Waals surface area contributed by atoms with E-state index in [4.69, 9.17) is 0 Å². The fourth-order valence-electron chi connectivity index (χ4n) is 2.18. The largest absolute Gasteiger partial charge is 0.379 e. The van der Waals surface area contributed by atoms with E-state index in [0.717, 1.165) is 37.7 Å². The zero-order valence-electron chi connectivity index (χ0n) is 9.97. The molecule has 1 aliphatic heterocycles. The highest BCUT2D eigenvalue weighted by atomic mass is 19.3. The van der Waals surface area contributed by atoms with E-state index in [1.807, 2.05) is 24.3 Å². The van der Waals surface area contributed by atoms with Crippen molar-refractivity contribution < 1.29 is 8.78 Å². The standard InChI is InChI=1S/C13H18F2N2/c1-13(14,15)9-17-12-5-3-2-4-11(12)10-6-7-16-8-10/h2-5,10,16-17H,6-9H2,1H3. The number of halogens is 2. The van der Waals surface area contributed by atoms with Crippen molar-refractivity contribution >= 4 is 5.69 Å². The highest BCUT2D eigenvalue weighted by Gasteiger charge is 2.23. The van der Waals surface area contributed by atoms with E-state index in [2.05, 4.69) is 10.6 Å². The molecule has 1 aromatic rings. The number of benzene rings is 1. The van der Waals surface area contributed by atoms with Crippen LogP contribution in [0.2, 0.25) is 0 Å². The Morgan fingerprint density at radius 1 is 1.41 bits per heavy atom. The molecule has 0 radical (unpaired) electrons. The predicted octanol–water partition coefficient (Wildman–Crippen LogP) is 2.83. The van der Waals surface area contributed by atoms with Crippen molar-refractivity contribution in [1.82, 2.24) is 5.32 Å². The van der Waals surface area contributed by atoms with Crippen LogP contribution in [0.5, 0.6) is 0 Å². The molecule has 1 saturated heterocycles. The summed E-state index contributed by atoms with van der Waals surface area (Å²) < 4.78 is 25.7. The third kappa shape index (κ3) is 3.40. The van der Waals surface area contributed by atoms with Crippen LogP contribution in [0.3, 0.4) is 0 Å². The molecule has 17 heavy (non-hydrogen) atoms. The summed E-state index contributed by atoms with van der Waals surface area (Å²) in [6.45, 7) is 2.55. The summed E-state index contributed by atoms with van der Waals surface area (Å²) in [5.74, 6) is -2.25. The van der Waals surface area contributed by atoms with Gasteiger partial charge in [0.2, 0.25) is 0 Å². The van der Waals surface area contributed by atoms with Crippen LogP contribution in [-0.2, 0) is 0 Å². The van der Waals surface area contributed by atoms with E-state index < -0.39 is 5.92 Å². The van der Waals surface area contributed by atoms with Crippen LogP contribution in [0.1, 0.15) is 24.8 Å². The molecular weight excluding hydrogens is 222 g/mol. The molecule has 2 rings (SSSR count). The number of alkyl halides is 2. The first kappa shape index (κ1) is 12.3. The summed E-state index contributed by atoms with van der Waals surface area (Å²) >= 11 is 0. The van der Waals surface area contributed by atoms with Gasteiger partial charge in [0.15, 0.2) is 0 Å². The van der Waals surface area contributed by atoms with Gasteiger partial charge in [0.05, 0.1) is 6.54 Å². The van der Waals surface area contributed by atoms with Gasteiger partial charge in [-0.05, 0) is 30.5 Å². The second-order valence-electron chi connectivity index (χ2n) is 4.70. The third-order valence-corrected chi connectivity index (χ3v) is 3.05. The summed E-state index contributed by atoms with van der Waals surface area (Å²) in [4.78, 5) is 0. The summed E-state index contributed by atoms with van der Waals surface area (Å²) in [6, 6.07) is 7.73. The minimum absolute atomic E-state index is 0.315. The van der Waals surface area contributed by atoms with E-state index in [9.17, 15) is 8.78 Å². The van der Waals surface area contributed by atoms with Gasteiger partial charge in [-0.3, -0.25) is 0 Å². The van der Waals surface area contributed by atoms with Gasteiger partial charge < -0.3 is 10.6 Å². The van der Waals surface area contributed by atoms with Gasteiger partial charge in [0.25, 0.3) is 5.92 Å². The fourth-order valence-corrected chi connectivity index (χ4v) is 2.18. The van der Waals surface area contributed by atoms with Gasteiger partial charge in [-0.15, -0.1) is 0 Å². The lowest BCUT2D eigenvalue weighted by Gasteiger charge is -2.18. The molecule has 0 aliphatic carbocycles. The molecule has 1 aromatic carbocycles. The Morgan fingerprint density at radius 3 is 2.82 bits per heavy atom. The number of para-hydroxylation sites is 1. The van der Waals surface area contributed by atoms with Crippen molar-refractivity contribution in [1.29, 1.82) is 0 Å². The lowest BCUT2D eigenvalue weighted by molar-refractivity contribution is 0.0367. The van der Waals surface area contributed by atoms with Crippen molar-refractivity contribution in [2.24, 2.45) is 0 Å². The topological polar surface area (TPSA) is 24.1 Å². The molecule has 1 atom stereocenters. The Balaban J connectivity index is 2.10. The molecule has 0 bridgehead atoms. The minimum atomic E-state index is -2.68. The molecule has 2 N–H and O–H groups in total. The maximum absolute atomic E-state index is 12.8. The molecule has 94 valence electrons. The molecule has 4 heteroatoms. The van der Waals surface area contributed by atoms with Crippen LogP contribution in [0.25, 0.3) is 0 Å². The highest BCUT2D eigenvalue weighted by Crippen LogP contribution is 2.29. The first-order valence-corrected chi connectivity index (χ1v) is 5.97. The molecule has 1 aliphatic rings. The number of anilines is 1. The summed E-state index contributed by atoms with van der Waals surface area (Å²) in [5.41, 5.74) is 1.98. The van der Waals surface area contributed by atoms with Gasteiger partial charge >= 0.3 is 0 Å². The van der Waals surface area contributed by atoms with Crippen LogP contribution in [0, 0.1) is 0 Å². The van der Waals surface area contributed by atoms with E-state index >= 15 is 0 Å². The van der Waals surface area contributed by atoms with Crippen molar-refractivity contribution in [3.63, 3.8) is 0 Å². The van der Waals surface area contributed by atoms with Crippen molar-refractivity contribution in [3.8, 4) is 0 Å². The van der Waals surface area contributed by atoms with Crippen molar-refractivity contribution in [2.75, 3.05) is 25.0 Å². The molecule has 1 fully saturated rings. The summed E-state index contributed by atoms with van der Waals surface area (Å²) in [5, 5.41) is 6.15. The van der Waals surface area contributed by atoms with Crippen molar-refractivity contribution in [3.05, 3.63) is 29.8 Å². The zero-order chi connectivity index (χ0) is 12.3. The monoisotopic (exact) mass is 240 g/mol. The Hall–Kier alpha value is -1.16. The Kier molecular flexibility index (Phi) is 3.62. The Morgan fingerprint density at radius 2 is 2.18 bits per heavy atom. The lowest BCUT2D eigenvalue weighted by Crippen LogP contribution is -2.23. The minimum Gasteiger partial charge on any atom is -0.379 e. The summed E-state index contributed by atoms with van der Waals surface area (Å²) in [6.07, 6.45) is 1.07. The molecule has 0 aromatic heterocycles. The van der Waals surface area contributed by atoms with Crippen LogP contribution in [0.4, 0.5) is 14.5 Å². The normalized spacial score (nSPS) is 20.5. The fraction of sp³-hybridized carbons (Fsp3) is 0.538. The van der Waals surface area contributed by atoms with E-state index in [0.29, 0.717) is 5.92 Å². The first-order valence-electron chi connectivity index (χ1n) is 5.97. The van der Waals surface area contributed by atoms with E-state index in [1.54, 1.807) is 0 Å². The van der Waals surface area contributed by atoms with Crippen LogP contribution < -0.4 is 10.6 Å². The van der Waals surface area contributed by atoms with Gasteiger partial charge in [-0.25, -0.2) is 8.78 Å². The first-order chi connectivity index (χ1) is 8.06. The smallest absolute Gasteiger partial charge is 0.262 e. The van der Waals surface area contributed by atoms with E-state index in [1.165, 1.54) is 0 Å². The third-order valence-electron chi connectivity index (χ3n) is 3.05. The van der Waals surface area contributed by atoms with Crippen molar-refractivity contribution in [2.45, 2.75) is 25.2 Å². The van der Waals surface area contributed by atoms with Gasteiger partial charge in [0, 0.05) is 19.2 Å². The SMILES string of the molecule is CC(F)(F)CNc1ccccc1C1CCNC1. The number of nitrogens with one attached hydrogen (secondary N) is 2. The molecule has 1 unspecified atom stereocenters. The number of hydrogen-bond donors (Lipinski definition) is 2. The van der Waals surface area contributed by atoms with Crippen LogP contribution in [0.15, 0.2) is 24.3 Å². The Bertz CT molecular complexity index is 368. The maximum atomic E-state index is 12.8. The zero-order valence-corrected chi connectivity index (χ0v) is 9.97. The average molecular weight is 240 g/mol. The average Bonchev–Trinajstić information content (AvgIpc) is 2.79. The van der Waals surface area contributed by atoms with Gasteiger partial charge in [-0.2, -0.15) is 0 Å². The molecule has 0 spiro atoms. The molecule has 0 saturated carbocycles. The van der Waals surface area contributed by atoms with Crippen LogP contribution >= 0.6 is 0 Å². The second-order valence-corrected chi connectivity index (χ2v) is 4.70. The molecular formula is C13H18F2N2. The van der Waals surface area contributed by atoms with Crippen LogP contribution in [-0.4, -0.2) is 25.6 Å². The Labute approximate surface area is 100 Å². The summed E-state index contributed by atoms with van der Waals surface area (Å²) in [7, 11) is 0. The molecule has 0 amide bonds. The number of rotatable bonds is 4. The molecule has 2 nitrogen and oxygen atoms in total. The van der Waals surface area contributed by atoms with E-state index in [-0.39, 0.29) is 6.54 Å². The van der Waals surface area contributed by atoms with Gasteiger partial charge in [0.1, 0.15) is 0 Å². The van der Waals surface area contributed by atoms with Gasteiger partial charge in [-0.1, -0.05) is 18.2 Å². The quantitative estimate of drug-likeness (QED) is 0.845. The highest BCUT2D eigenvalue weighted by molar-refractivity contribution is 5.53. The second kappa shape index (κ2) is 5.00.